The number of thioether (sulfide) groups is 1. The van der Waals surface area contributed by atoms with Crippen molar-refractivity contribution in [1.82, 2.24) is 0 Å². The van der Waals surface area contributed by atoms with Gasteiger partial charge in [-0.3, -0.25) is 0 Å². The van der Waals surface area contributed by atoms with Gasteiger partial charge in [-0.05, 0) is 42.9 Å². The van der Waals surface area contributed by atoms with Gasteiger partial charge in [0.25, 0.3) is 0 Å². The van der Waals surface area contributed by atoms with Gasteiger partial charge in [0.05, 0.1) is 0 Å². The van der Waals surface area contributed by atoms with Crippen LogP contribution in [0.3, 0.4) is 0 Å². The Hall–Kier alpha value is -0.540. The first-order chi connectivity index (χ1) is 7.96. The molecule has 0 aromatic heterocycles. The topological polar surface area (TPSA) is 26.0 Å². The van der Waals surface area contributed by atoms with Crippen LogP contribution in [0.1, 0.15) is 33.1 Å². The van der Waals surface area contributed by atoms with Gasteiger partial charge in [0.1, 0.15) is 5.82 Å². The Morgan fingerprint density at radius 2 is 2.18 bits per heavy atom. The normalized spacial score (nSPS) is 28.0. The summed E-state index contributed by atoms with van der Waals surface area (Å²) in [5.74, 6) is -0.168. The van der Waals surface area contributed by atoms with Gasteiger partial charge < -0.3 is 5.73 Å². The first-order valence-corrected chi connectivity index (χ1v) is 7.02. The molecule has 2 N–H and O–H groups in total. The summed E-state index contributed by atoms with van der Waals surface area (Å²) in [6, 6.07) is 7.03. The minimum Gasteiger partial charge on any atom is -0.327 e. The van der Waals surface area contributed by atoms with Crippen molar-refractivity contribution < 1.29 is 4.39 Å². The van der Waals surface area contributed by atoms with Crippen LogP contribution in [0.25, 0.3) is 0 Å². The maximum Gasteiger partial charge on any atom is 0.124 e. The fraction of sp³-hybridized carbons (Fsp3) is 0.571. The van der Waals surface area contributed by atoms with Crippen LogP contribution in [0, 0.1) is 11.2 Å². The number of rotatable bonds is 2. The molecule has 1 aromatic carbocycles. The minimum absolute atomic E-state index is 0.168. The Balaban J connectivity index is 2.06. The summed E-state index contributed by atoms with van der Waals surface area (Å²) in [6.45, 7) is 4.58. The van der Waals surface area contributed by atoms with E-state index in [4.69, 9.17) is 5.73 Å². The second kappa shape index (κ2) is 4.99. The monoisotopic (exact) mass is 253 g/mol. The second-order valence-corrected chi connectivity index (χ2v) is 7.00. The maximum atomic E-state index is 13.1. The second-order valence-electron chi connectivity index (χ2n) is 5.68. The highest BCUT2D eigenvalue weighted by atomic mass is 32.2. The molecule has 1 saturated carbocycles. The van der Waals surface area contributed by atoms with Crippen LogP contribution >= 0.6 is 11.8 Å². The van der Waals surface area contributed by atoms with Crippen molar-refractivity contribution in [2.24, 2.45) is 11.1 Å². The molecule has 17 heavy (non-hydrogen) atoms. The fourth-order valence-electron chi connectivity index (χ4n) is 2.39. The molecule has 94 valence electrons. The van der Waals surface area contributed by atoms with Gasteiger partial charge in [0.2, 0.25) is 0 Å². The lowest BCUT2D eigenvalue weighted by molar-refractivity contribution is 0.232. The van der Waals surface area contributed by atoms with E-state index in [9.17, 15) is 4.39 Å². The number of nitrogens with two attached hydrogens (primary N) is 1. The molecule has 0 aliphatic heterocycles. The summed E-state index contributed by atoms with van der Waals surface area (Å²) in [7, 11) is 0. The predicted octanol–water partition coefficient (Wildman–Crippen LogP) is 3.82. The lowest BCUT2D eigenvalue weighted by Gasteiger charge is -2.38. The van der Waals surface area contributed by atoms with Crippen molar-refractivity contribution in [3.8, 4) is 0 Å². The van der Waals surface area contributed by atoms with E-state index in [1.54, 1.807) is 23.9 Å². The highest BCUT2D eigenvalue weighted by Crippen LogP contribution is 2.41. The standard InChI is InChI=1S/C14H20FNS/c1-14(2)7-6-12(16)13(9-14)17-11-5-3-4-10(15)8-11/h3-5,8,12-13H,6-7,9,16H2,1-2H3. The van der Waals surface area contributed by atoms with Crippen LogP contribution in [0.15, 0.2) is 29.2 Å². The SMILES string of the molecule is CC1(C)CCC(N)C(Sc2cccc(F)c2)C1. The van der Waals surface area contributed by atoms with Gasteiger partial charge in [0.15, 0.2) is 0 Å². The smallest absolute Gasteiger partial charge is 0.124 e. The quantitative estimate of drug-likeness (QED) is 0.867. The van der Waals surface area contributed by atoms with Crippen molar-refractivity contribution in [1.29, 1.82) is 0 Å². The maximum absolute atomic E-state index is 13.1. The summed E-state index contributed by atoms with van der Waals surface area (Å²) in [6.07, 6.45) is 3.36. The average Bonchev–Trinajstić information content (AvgIpc) is 2.23. The van der Waals surface area contributed by atoms with E-state index in [0.29, 0.717) is 10.7 Å². The van der Waals surface area contributed by atoms with Crippen LogP contribution in [0.2, 0.25) is 0 Å². The van der Waals surface area contributed by atoms with Crippen LogP contribution < -0.4 is 5.73 Å². The summed E-state index contributed by atoms with van der Waals surface area (Å²) in [4.78, 5) is 0.989. The zero-order chi connectivity index (χ0) is 12.5. The van der Waals surface area contributed by atoms with Gasteiger partial charge >= 0.3 is 0 Å². The molecule has 2 atom stereocenters. The number of benzene rings is 1. The van der Waals surface area contributed by atoms with E-state index in [1.807, 2.05) is 6.07 Å². The third-order valence-electron chi connectivity index (χ3n) is 3.47. The Labute approximate surface area is 107 Å². The first kappa shape index (κ1) is 12.9. The molecule has 0 heterocycles. The molecule has 1 aliphatic carbocycles. The molecule has 0 radical (unpaired) electrons. The molecule has 1 fully saturated rings. The van der Waals surface area contributed by atoms with Crippen LogP contribution in [-0.4, -0.2) is 11.3 Å². The highest BCUT2D eigenvalue weighted by Gasteiger charge is 2.33. The van der Waals surface area contributed by atoms with E-state index >= 15 is 0 Å². The van der Waals surface area contributed by atoms with Crippen molar-refractivity contribution in [2.45, 2.75) is 49.3 Å². The lowest BCUT2D eigenvalue weighted by Crippen LogP contribution is -2.41. The van der Waals surface area contributed by atoms with Gasteiger partial charge in [-0.2, -0.15) is 0 Å². The molecule has 1 aliphatic rings. The molecular weight excluding hydrogens is 233 g/mol. The van der Waals surface area contributed by atoms with Gasteiger partial charge in [-0.15, -0.1) is 11.8 Å². The number of hydrogen-bond acceptors (Lipinski definition) is 2. The predicted molar refractivity (Wildman–Crippen MR) is 71.7 cm³/mol. The van der Waals surface area contributed by atoms with E-state index in [0.717, 1.165) is 17.7 Å². The van der Waals surface area contributed by atoms with E-state index in [2.05, 4.69) is 13.8 Å². The van der Waals surface area contributed by atoms with Gasteiger partial charge in [-0.1, -0.05) is 19.9 Å². The Bertz CT molecular complexity index is 392. The number of hydrogen-bond donors (Lipinski definition) is 1. The van der Waals surface area contributed by atoms with Crippen LogP contribution in [0.4, 0.5) is 4.39 Å². The molecule has 0 saturated heterocycles. The van der Waals surface area contributed by atoms with E-state index in [1.165, 1.54) is 12.5 Å². The molecule has 1 nitrogen and oxygen atoms in total. The molecule has 2 unspecified atom stereocenters. The van der Waals surface area contributed by atoms with E-state index < -0.39 is 0 Å². The molecule has 0 bridgehead atoms. The highest BCUT2D eigenvalue weighted by molar-refractivity contribution is 8.00. The Morgan fingerprint density at radius 3 is 2.88 bits per heavy atom. The Kier molecular flexibility index (Phi) is 3.79. The lowest BCUT2D eigenvalue weighted by atomic mass is 9.75. The average molecular weight is 253 g/mol. The summed E-state index contributed by atoms with van der Waals surface area (Å²) in [5.41, 5.74) is 6.53. The zero-order valence-corrected chi connectivity index (χ0v) is 11.3. The third-order valence-corrected chi connectivity index (χ3v) is 4.81. The summed E-state index contributed by atoms with van der Waals surface area (Å²) >= 11 is 1.72. The van der Waals surface area contributed by atoms with E-state index in [-0.39, 0.29) is 11.9 Å². The number of halogens is 1. The Morgan fingerprint density at radius 1 is 1.41 bits per heavy atom. The molecular formula is C14H20FNS. The van der Waals surface area contributed by atoms with Crippen LogP contribution in [-0.2, 0) is 0 Å². The zero-order valence-electron chi connectivity index (χ0n) is 10.4. The fourth-order valence-corrected chi connectivity index (χ4v) is 3.92. The molecule has 1 aromatic rings. The van der Waals surface area contributed by atoms with Crippen molar-refractivity contribution >= 4 is 11.8 Å². The first-order valence-electron chi connectivity index (χ1n) is 6.14. The molecule has 0 spiro atoms. The van der Waals surface area contributed by atoms with Gasteiger partial charge in [-0.25, -0.2) is 4.39 Å². The third kappa shape index (κ3) is 3.46. The van der Waals surface area contributed by atoms with Crippen molar-refractivity contribution in [3.63, 3.8) is 0 Å². The minimum atomic E-state index is -0.168. The molecule has 2 rings (SSSR count). The largest absolute Gasteiger partial charge is 0.327 e. The molecule has 0 amide bonds. The summed E-state index contributed by atoms with van der Waals surface area (Å²) in [5, 5.41) is 0.403. The molecule has 3 heteroatoms. The summed E-state index contributed by atoms with van der Waals surface area (Å²) < 4.78 is 13.1. The van der Waals surface area contributed by atoms with Crippen molar-refractivity contribution in [3.05, 3.63) is 30.1 Å². The van der Waals surface area contributed by atoms with Crippen molar-refractivity contribution in [2.75, 3.05) is 0 Å². The van der Waals surface area contributed by atoms with Gasteiger partial charge in [0, 0.05) is 16.2 Å². The van der Waals surface area contributed by atoms with Crippen LogP contribution in [0.5, 0.6) is 0 Å².